The predicted octanol–water partition coefficient (Wildman–Crippen LogP) is 1.67. The lowest BCUT2D eigenvalue weighted by Gasteiger charge is -2.43. The van der Waals surface area contributed by atoms with E-state index in [0.717, 1.165) is 18.7 Å². The van der Waals surface area contributed by atoms with Gasteiger partial charge in [-0.25, -0.2) is 9.98 Å². The molecule has 4 nitrogen and oxygen atoms in total. The van der Waals surface area contributed by atoms with Gasteiger partial charge in [0.1, 0.15) is 6.17 Å². The first-order valence-electron chi connectivity index (χ1n) is 6.76. The first kappa shape index (κ1) is 10.8. The second-order valence-corrected chi connectivity index (χ2v) is 5.36. The van der Waals surface area contributed by atoms with Crippen LogP contribution >= 0.6 is 0 Å². The van der Waals surface area contributed by atoms with Crippen LogP contribution in [0.25, 0.3) is 0 Å². The van der Waals surface area contributed by atoms with Crippen molar-refractivity contribution in [2.45, 2.75) is 25.4 Å². The van der Waals surface area contributed by atoms with Gasteiger partial charge in [-0.2, -0.15) is 0 Å². The van der Waals surface area contributed by atoms with Gasteiger partial charge in [0.05, 0.1) is 0 Å². The normalized spacial score (nSPS) is 27.9. The highest BCUT2D eigenvalue weighted by Crippen LogP contribution is 2.34. The molecular formula is C15H16N4. The number of nitrogens with zero attached hydrogens (tertiary/aromatic N) is 3. The molecule has 2 unspecified atom stereocenters. The van der Waals surface area contributed by atoms with Gasteiger partial charge in [-0.3, -0.25) is 0 Å². The Kier molecular flexibility index (Phi) is 2.24. The van der Waals surface area contributed by atoms with Crippen molar-refractivity contribution >= 4 is 11.7 Å². The molecule has 4 rings (SSSR count). The number of aliphatic imine (C=N–C) groups is 2. The van der Waals surface area contributed by atoms with Crippen molar-refractivity contribution in [2.75, 3.05) is 0 Å². The zero-order valence-corrected chi connectivity index (χ0v) is 10.7. The highest BCUT2D eigenvalue weighted by Gasteiger charge is 2.39. The Morgan fingerprint density at radius 1 is 1.21 bits per heavy atom. The molecule has 0 aromatic heterocycles. The van der Waals surface area contributed by atoms with Crippen LogP contribution in [0.5, 0.6) is 0 Å². The van der Waals surface area contributed by atoms with Crippen molar-refractivity contribution in [3.8, 4) is 0 Å². The molecule has 96 valence electrons. The minimum absolute atomic E-state index is 0.244. The Morgan fingerprint density at radius 2 is 2.05 bits per heavy atom. The van der Waals surface area contributed by atoms with E-state index < -0.39 is 0 Å². The average molecular weight is 252 g/mol. The fraction of sp³-hybridized carbons (Fsp3) is 0.333. The van der Waals surface area contributed by atoms with E-state index in [-0.39, 0.29) is 6.17 Å². The van der Waals surface area contributed by atoms with Gasteiger partial charge in [0, 0.05) is 18.3 Å². The van der Waals surface area contributed by atoms with Crippen LogP contribution in [0.2, 0.25) is 0 Å². The summed E-state index contributed by atoms with van der Waals surface area (Å²) >= 11 is 0. The standard InChI is InChI=1S/C15H16N4/c16-13-15-18-14(19(15)8-7-17-13)12-6-5-10-3-1-2-4-11(10)9-12/h1-4,7-8,12,14H,5-6,9H2,(H2,16,17). The fourth-order valence-electron chi connectivity index (χ4n) is 3.24. The molecule has 0 fully saturated rings. The first-order chi connectivity index (χ1) is 9.33. The number of rotatable bonds is 1. The van der Waals surface area contributed by atoms with Crippen LogP contribution in [0.4, 0.5) is 0 Å². The third-order valence-corrected chi connectivity index (χ3v) is 4.26. The smallest absolute Gasteiger partial charge is 0.174 e. The summed E-state index contributed by atoms with van der Waals surface area (Å²) in [5, 5.41) is 0. The van der Waals surface area contributed by atoms with Crippen LogP contribution in [0.1, 0.15) is 17.5 Å². The Bertz CT molecular complexity index is 614. The monoisotopic (exact) mass is 252 g/mol. The van der Waals surface area contributed by atoms with Crippen molar-refractivity contribution in [3.63, 3.8) is 0 Å². The van der Waals surface area contributed by atoms with Gasteiger partial charge in [0.15, 0.2) is 11.7 Å². The van der Waals surface area contributed by atoms with Crippen LogP contribution in [-0.2, 0) is 12.8 Å². The summed E-state index contributed by atoms with van der Waals surface area (Å²) in [5.74, 6) is 1.95. The quantitative estimate of drug-likeness (QED) is 0.826. The predicted molar refractivity (Wildman–Crippen MR) is 75.8 cm³/mol. The van der Waals surface area contributed by atoms with Crippen molar-refractivity contribution < 1.29 is 0 Å². The van der Waals surface area contributed by atoms with Gasteiger partial charge in [0.25, 0.3) is 0 Å². The SMILES string of the molecule is NC1=NC=CN2C1=NC2C1CCc2ccccc2C1. The van der Waals surface area contributed by atoms with E-state index in [9.17, 15) is 0 Å². The molecule has 2 heterocycles. The summed E-state index contributed by atoms with van der Waals surface area (Å²) in [7, 11) is 0. The Labute approximate surface area is 112 Å². The Balaban J connectivity index is 1.58. The molecule has 0 spiro atoms. The van der Waals surface area contributed by atoms with Crippen molar-refractivity contribution in [3.05, 3.63) is 47.8 Å². The van der Waals surface area contributed by atoms with Crippen LogP contribution < -0.4 is 5.73 Å². The van der Waals surface area contributed by atoms with Crippen molar-refractivity contribution in [1.29, 1.82) is 0 Å². The summed E-state index contributed by atoms with van der Waals surface area (Å²) in [5.41, 5.74) is 8.79. The molecule has 1 aliphatic carbocycles. The fourth-order valence-corrected chi connectivity index (χ4v) is 3.24. The second-order valence-electron chi connectivity index (χ2n) is 5.36. The molecule has 19 heavy (non-hydrogen) atoms. The molecule has 0 amide bonds. The van der Waals surface area contributed by atoms with Gasteiger partial charge >= 0.3 is 0 Å². The molecule has 1 aromatic rings. The maximum absolute atomic E-state index is 5.81. The van der Waals surface area contributed by atoms with Gasteiger partial charge in [-0.15, -0.1) is 0 Å². The van der Waals surface area contributed by atoms with Gasteiger partial charge < -0.3 is 10.6 Å². The summed E-state index contributed by atoms with van der Waals surface area (Å²) in [6.45, 7) is 0. The van der Waals surface area contributed by atoms with Gasteiger partial charge in [-0.05, 0) is 30.4 Å². The lowest BCUT2D eigenvalue weighted by molar-refractivity contribution is 0.229. The van der Waals surface area contributed by atoms with E-state index >= 15 is 0 Å². The van der Waals surface area contributed by atoms with E-state index in [2.05, 4.69) is 39.2 Å². The van der Waals surface area contributed by atoms with Crippen molar-refractivity contribution in [1.82, 2.24) is 4.90 Å². The number of amidine groups is 2. The minimum Gasteiger partial charge on any atom is -0.381 e. The highest BCUT2D eigenvalue weighted by atomic mass is 15.4. The summed E-state index contributed by atoms with van der Waals surface area (Å²) in [6.07, 6.45) is 7.46. The zero-order valence-electron chi connectivity index (χ0n) is 10.7. The van der Waals surface area contributed by atoms with Crippen LogP contribution in [-0.4, -0.2) is 22.7 Å². The number of benzene rings is 1. The largest absolute Gasteiger partial charge is 0.381 e. The lowest BCUT2D eigenvalue weighted by Crippen LogP contribution is -2.56. The second kappa shape index (κ2) is 3.95. The number of aryl methyl sites for hydroxylation is 1. The molecule has 2 aliphatic heterocycles. The number of hydrogen-bond donors (Lipinski definition) is 1. The van der Waals surface area contributed by atoms with Gasteiger partial charge in [-0.1, -0.05) is 24.3 Å². The van der Waals surface area contributed by atoms with Crippen molar-refractivity contribution in [2.24, 2.45) is 21.6 Å². The minimum atomic E-state index is 0.244. The summed E-state index contributed by atoms with van der Waals surface area (Å²) in [4.78, 5) is 10.9. The van der Waals surface area contributed by atoms with Crippen LogP contribution in [0.15, 0.2) is 46.7 Å². The number of nitrogens with two attached hydrogens (primary N) is 1. The maximum atomic E-state index is 5.81. The third kappa shape index (κ3) is 1.59. The lowest BCUT2D eigenvalue weighted by atomic mass is 9.81. The molecular weight excluding hydrogens is 236 g/mol. The van der Waals surface area contributed by atoms with E-state index in [1.54, 1.807) is 6.20 Å². The highest BCUT2D eigenvalue weighted by molar-refractivity contribution is 6.42. The first-order valence-corrected chi connectivity index (χ1v) is 6.76. The maximum Gasteiger partial charge on any atom is 0.174 e. The van der Waals surface area contributed by atoms with E-state index in [1.165, 1.54) is 17.5 Å². The number of hydrogen-bond acceptors (Lipinski definition) is 4. The topological polar surface area (TPSA) is 54.0 Å². The third-order valence-electron chi connectivity index (χ3n) is 4.26. The average Bonchev–Trinajstić information content (AvgIpc) is 2.41. The molecule has 2 atom stereocenters. The zero-order chi connectivity index (χ0) is 12.8. The molecule has 0 bridgehead atoms. The molecule has 2 N–H and O–H groups in total. The Morgan fingerprint density at radius 3 is 2.95 bits per heavy atom. The van der Waals surface area contributed by atoms with Gasteiger partial charge in [0.2, 0.25) is 0 Å². The molecule has 0 saturated carbocycles. The molecule has 3 aliphatic rings. The van der Waals surface area contributed by atoms with E-state index in [0.29, 0.717) is 11.8 Å². The summed E-state index contributed by atoms with van der Waals surface area (Å²) < 4.78 is 0. The van der Waals surface area contributed by atoms with E-state index in [4.69, 9.17) is 5.73 Å². The van der Waals surface area contributed by atoms with Crippen LogP contribution in [0, 0.1) is 5.92 Å². The molecule has 0 saturated heterocycles. The van der Waals surface area contributed by atoms with Crippen LogP contribution in [0.3, 0.4) is 0 Å². The summed E-state index contributed by atoms with van der Waals surface area (Å²) in [6, 6.07) is 8.74. The van der Waals surface area contributed by atoms with E-state index in [1.807, 2.05) is 6.20 Å². The molecule has 1 aromatic carbocycles. The molecule has 0 radical (unpaired) electrons. The number of fused-ring (bicyclic) bond motifs is 2. The molecule has 4 heteroatoms. The Hall–Kier alpha value is -2.10.